The molecule has 1 aliphatic carbocycles. The molecule has 0 radical (unpaired) electrons. The van der Waals surface area contributed by atoms with Crippen LogP contribution in [0.2, 0.25) is 0 Å². The summed E-state index contributed by atoms with van der Waals surface area (Å²) in [5.41, 5.74) is 5.11. The van der Waals surface area contributed by atoms with Crippen LogP contribution in [0, 0.1) is 5.92 Å². The number of halogens is 3. The largest absolute Gasteiger partial charge is 0.391 e. The Bertz CT molecular complexity index is 260. The van der Waals surface area contributed by atoms with Gasteiger partial charge >= 0.3 is 6.18 Å². The first-order valence-corrected chi connectivity index (χ1v) is 6.37. The van der Waals surface area contributed by atoms with Crippen molar-refractivity contribution in [1.82, 2.24) is 5.32 Å². The minimum absolute atomic E-state index is 0.0281. The van der Waals surface area contributed by atoms with Crippen LogP contribution in [-0.2, 0) is 4.74 Å². The van der Waals surface area contributed by atoms with Crippen molar-refractivity contribution in [3.63, 3.8) is 0 Å². The van der Waals surface area contributed by atoms with Gasteiger partial charge in [0.15, 0.2) is 0 Å². The Balaban J connectivity index is 2.63. The zero-order valence-corrected chi connectivity index (χ0v) is 11.0. The summed E-state index contributed by atoms with van der Waals surface area (Å²) in [6.07, 6.45) is -2.59. The molecule has 0 aromatic heterocycles. The Morgan fingerprint density at radius 3 is 2.67 bits per heavy atom. The van der Waals surface area contributed by atoms with Crippen LogP contribution in [0.25, 0.3) is 0 Å². The summed E-state index contributed by atoms with van der Waals surface area (Å²) in [5, 5.41) is 3.19. The van der Waals surface area contributed by atoms with Crippen molar-refractivity contribution in [1.29, 1.82) is 0 Å². The highest BCUT2D eigenvalue weighted by Gasteiger charge is 2.46. The Labute approximate surface area is 106 Å². The Kier molecular flexibility index (Phi) is 5.43. The highest BCUT2D eigenvalue weighted by atomic mass is 19.4. The summed E-state index contributed by atoms with van der Waals surface area (Å²) in [7, 11) is 1.58. The lowest BCUT2D eigenvalue weighted by molar-refractivity contribution is -0.188. The van der Waals surface area contributed by atoms with E-state index in [4.69, 9.17) is 10.5 Å². The maximum atomic E-state index is 12.8. The monoisotopic (exact) mass is 268 g/mol. The fourth-order valence-corrected chi connectivity index (χ4v) is 2.50. The molecule has 18 heavy (non-hydrogen) atoms. The normalized spacial score (nSPS) is 31.3. The number of alkyl halides is 3. The second-order valence-electron chi connectivity index (χ2n) is 5.25. The van der Waals surface area contributed by atoms with Crippen LogP contribution in [0.15, 0.2) is 0 Å². The summed E-state index contributed by atoms with van der Waals surface area (Å²) in [6, 6.07) is 0. The van der Waals surface area contributed by atoms with Crippen LogP contribution in [0.3, 0.4) is 0 Å². The molecule has 3 N–H and O–H groups in total. The molecule has 0 saturated heterocycles. The highest BCUT2D eigenvalue weighted by molar-refractivity contribution is 4.96. The van der Waals surface area contributed by atoms with E-state index in [2.05, 4.69) is 5.32 Å². The van der Waals surface area contributed by atoms with E-state index in [-0.39, 0.29) is 25.5 Å². The van der Waals surface area contributed by atoms with E-state index >= 15 is 0 Å². The molecule has 0 aromatic rings. The fourth-order valence-electron chi connectivity index (χ4n) is 2.50. The van der Waals surface area contributed by atoms with Gasteiger partial charge in [-0.2, -0.15) is 13.2 Å². The molecule has 0 aromatic carbocycles. The Morgan fingerprint density at radius 1 is 1.50 bits per heavy atom. The van der Waals surface area contributed by atoms with Crippen molar-refractivity contribution in [3.05, 3.63) is 0 Å². The predicted molar refractivity (Wildman–Crippen MR) is 64.3 cm³/mol. The number of hydrogen-bond acceptors (Lipinski definition) is 3. The molecule has 1 rings (SSSR count). The first-order chi connectivity index (χ1) is 8.33. The number of methoxy groups -OCH3 is 1. The van der Waals surface area contributed by atoms with Crippen LogP contribution < -0.4 is 11.1 Å². The van der Waals surface area contributed by atoms with Crippen molar-refractivity contribution >= 4 is 0 Å². The number of rotatable bonds is 5. The van der Waals surface area contributed by atoms with Crippen LogP contribution in [0.5, 0.6) is 0 Å². The van der Waals surface area contributed by atoms with E-state index in [0.717, 1.165) is 0 Å². The van der Waals surface area contributed by atoms with Gasteiger partial charge in [-0.3, -0.25) is 0 Å². The van der Waals surface area contributed by atoms with Gasteiger partial charge in [0.2, 0.25) is 0 Å². The lowest BCUT2D eigenvalue weighted by Crippen LogP contribution is -2.57. The van der Waals surface area contributed by atoms with E-state index in [1.165, 1.54) is 0 Å². The van der Waals surface area contributed by atoms with Gasteiger partial charge in [0.05, 0.1) is 12.0 Å². The summed E-state index contributed by atoms with van der Waals surface area (Å²) >= 11 is 0. The average molecular weight is 268 g/mol. The third-order valence-corrected chi connectivity index (χ3v) is 3.87. The summed E-state index contributed by atoms with van der Waals surface area (Å²) in [4.78, 5) is 0. The molecule has 108 valence electrons. The van der Waals surface area contributed by atoms with Gasteiger partial charge < -0.3 is 15.8 Å². The first kappa shape index (κ1) is 15.7. The summed E-state index contributed by atoms with van der Waals surface area (Å²) in [6.45, 7) is 2.63. The molecule has 0 amide bonds. The van der Waals surface area contributed by atoms with E-state index in [1.807, 2.05) is 6.92 Å². The second kappa shape index (κ2) is 6.21. The van der Waals surface area contributed by atoms with E-state index in [0.29, 0.717) is 19.4 Å². The minimum atomic E-state index is -4.12. The minimum Gasteiger partial charge on any atom is -0.380 e. The molecule has 0 bridgehead atoms. The first-order valence-electron chi connectivity index (χ1n) is 6.37. The molecule has 6 heteroatoms. The van der Waals surface area contributed by atoms with Gasteiger partial charge in [0.1, 0.15) is 0 Å². The molecule has 1 saturated carbocycles. The standard InChI is InChI=1S/C12H23F3N2O/c1-9(18-2)7-17-11(8-16)5-3-4-10(6-11)12(13,14)15/h9-10,17H,3-8,16H2,1-2H3. The zero-order chi connectivity index (χ0) is 13.8. The highest BCUT2D eigenvalue weighted by Crippen LogP contribution is 2.41. The van der Waals surface area contributed by atoms with Crippen LogP contribution in [-0.4, -0.2) is 38.0 Å². The van der Waals surface area contributed by atoms with Crippen molar-refractivity contribution in [3.8, 4) is 0 Å². The number of hydrogen-bond donors (Lipinski definition) is 2. The molecule has 0 aliphatic heterocycles. The molecule has 0 heterocycles. The van der Waals surface area contributed by atoms with Crippen LogP contribution >= 0.6 is 0 Å². The lowest BCUT2D eigenvalue weighted by Gasteiger charge is -2.42. The second-order valence-corrected chi connectivity index (χ2v) is 5.25. The van der Waals surface area contributed by atoms with Crippen LogP contribution in [0.1, 0.15) is 32.6 Å². The maximum absolute atomic E-state index is 12.8. The topological polar surface area (TPSA) is 47.3 Å². The fraction of sp³-hybridized carbons (Fsp3) is 1.00. The Morgan fingerprint density at radius 2 is 2.17 bits per heavy atom. The lowest BCUT2D eigenvalue weighted by atomic mass is 9.75. The molecule has 1 fully saturated rings. The zero-order valence-electron chi connectivity index (χ0n) is 11.0. The van der Waals surface area contributed by atoms with Gasteiger partial charge in [-0.05, 0) is 26.2 Å². The quantitative estimate of drug-likeness (QED) is 0.802. The summed E-state index contributed by atoms with van der Waals surface area (Å²) in [5.74, 6) is -1.24. The molecular formula is C12H23F3N2O. The molecular weight excluding hydrogens is 245 g/mol. The smallest absolute Gasteiger partial charge is 0.380 e. The average Bonchev–Trinajstić information content (AvgIpc) is 2.35. The van der Waals surface area contributed by atoms with Crippen molar-refractivity contribution in [2.45, 2.75) is 50.4 Å². The predicted octanol–water partition coefficient (Wildman–Crippen LogP) is 2.06. The third kappa shape index (κ3) is 4.10. The molecule has 3 nitrogen and oxygen atoms in total. The SMILES string of the molecule is COC(C)CNC1(CN)CCCC(C(F)(F)F)C1. The van der Waals surface area contributed by atoms with Gasteiger partial charge in [-0.15, -0.1) is 0 Å². The van der Waals surface area contributed by atoms with E-state index < -0.39 is 17.6 Å². The number of ether oxygens (including phenoxy) is 1. The maximum Gasteiger partial charge on any atom is 0.391 e. The molecule has 3 atom stereocenters. The van der Waals surface area contributed by atoms with Gasteiger partial charge in [0.25, 0.3) is 0 Å². The Hall–Kier alpha value is -0.330. The number of nitrogens with one attached hydrogen (secondary N) is 1. The van der Waals surface area contributed by atoms with Crippen molar-refractivity contribution in [2.24, 2.45) is 11.7 Å². The van der Waals surface area contributed by atoms with Crippen molar-refractivity contribution < 1.29 is 17.9 Å². The summed E-state index contributed by atoms with van der Waals surface area (Å²) < 4.78 is 43.5. The molecule has 3 unspecified atom stereocenters. The van der Waals surface area contributed by atoms with Crippen LogP contribution in [0.4, 0.5) is 13.2 Å². The third-order valence-electron chi connectivity index (χ3n) is 3.87. The van der Waals surface area contributed by atoms with E-state index in [1.54, 1.807) is 7.11 Å². The molecule has 1 aliphatic rings. The van der Waals surface area contributed by atoms with Gasteiger partial charge in [0, 0.05) is 25.7 Å². The van der Waals surface area contributed by atoms with Gasteiger partial charge in [-0.1, -0.05) is 6.42 Å². The van der Waals surface area contributed by atoms with Gasteiger partial charge in [-0.25, -0.2) is 0 Å². The van der Waals surface area contributed by atoms with Crippen molar-refractivity contribution in [2.75, 3.05) is 20.2 Å². The molecule has 0 spiro atoms. The number of nitrogens with two attached hydrogens (primary N) is 1. The van der Waals surface area contributed by atoms with E-state index in [9.17, 15) is 13.2 Å².